The molecular weight excluding hydrogens is 238 g/mol. The van der Waals surface area contributed by atoms with Gasteiger partial charge in [0.05, 0.1) is 0 Å². The van der Waals surface area contributed by atoms with Gasteiger partial charge in [-0.2, -0.15) is 0 Å². The van der Waals surface area contributed by atoms with Crippen LogP contribution in [0, 0.1) is 17.3 Å². The van der Waals surface area contributed by atoms with Crippen molar-refractivity contribution in [2.75, 3.05) is 0 Å². The summed E-state index contributed by atoms with van der Waals surface area (Å²) >= 11 is 0. The van der Waals surface area contributed by atoms with E-state index in [1.807, 2.05) is 6.92 Å². The van der Waals surface area contributed by atoms with Crippen molar-refractivity contribution in [2.45, 2.75) is 59.8 Å². The maximum atomic E-state index is 12.5. The number of Topliss-reactive ketones (excluding diaryl/α,β-unsaturated/α-hetero) is 1. The molecular formula is C16H27NO2. The van der Waals surface area contributed by atoms with Crippen LogP contribution in [0.3, 0.4) is 0 Å². The van der Waals surface area contributed by atoms with Crippen LogP contribution in [-0.2, 0) is 9.59 Å². The van der Waals surface area contributed by atoms with E-state index in [0.29, 0.717) is 12.8 Å². The molecule has 108 valence electrons. The average Bonchev–Trinajstić information content (AvgIpc) is 2.25. The summed E-state index contributed by atoms with van der Waals surface area (Å²) in [5.74, 6) is -0.216. The van der Waals surface area contributed by atoms with Gasteiger partial charge in [0.2, 0.25) is 5.91 Å². The second kappa shape index (κ2) is 6.36. The first-order valence-electron chi connectivity index (χ1n) is 7.35. The topological polar surface area (TPSA) is 60.2 Å². The average molecular weight is 265 g/mol. The highest BCUT2D eigenvalue weighted by Crippen LogP contribution is 2.44. The van der Waals surface area contributed by atoms with Crippen LogP contribution in [0.5, 0.6) is 0 Å². The normalized spacial score (nSPS) is 21.4. The van der Waals surface area contributed by atoms with E-state index in [1.54, 1.807) is 0 Å². The number of carbonyl (C=O) groups is 2. The summed E-state index contributed by atoms with van der Waals surface area (Å²) in [5.41, 5.74) is 5.91. The Hall–Kier alpha value is -1.12. The van der Waals surface area contributed by atoms with Crippen LogP contribution < -0.4 is 5.73 Å². The fourth-order valence-corrected chi connectivity index (χ4v) is 2.96. The van der Waals surface area contributed by atoms with E-state index in [9.17, 15) is 9.59 Å². The maximum Gasteiger partial charge on any atom is 0.231 e. The summed E-state index contributed by atoms with van der Waals surface area (Å²) in [5, 5.41) is 0. The van der Waals surface area contributed by atoms with Crippen molar-refractivity contribution in [3.05, 3.63) is 11.6 Å². The minimum Gasteiger partial charge on any atom is -0.369 e. The minimum atomic E-state index is -0.851. The highest BCUT2D eigenvalue weighted by Gasteiger charge is 2.51. The summed E-state index contributed by atoms with van der Waals surface area (Å²) in [4.78, 5) is 24.1. The van der Waals surface area contributed by atoms with E-state index < -0.39 is 11.3 Å². The molecule has 1 aliphatic carbocycles. The van der Waals surface area contributed by atoms with Crippen molar-refractivity contribution in [2.24, 2.45) is 23.0 Å². The monoisotopic (exact) mass is 265 g/mol. The Bertz CT molecular complexity index is 380. The molecule has 1 amide bonds. The third kappa shape index (κ3) is 3.26. The van der Waals surface area contributed by atoms with Crippen molar-refractivity contribution in [1.82, 2.24) is 0 Å². The molecule has 1 unspecified atom stereocenters. The molecule has 0 radical (unpaired) electrons. The summed E-state index contributed by atoms with van der Waals surface area (Å²) in [6.07, 6.45) is 6.34. The Morgan fingerprint density at radius 2 is 1.89 bits per heavy atom. The lowest BCUT2D eigenvalue weighted by Gasteiger charge is -2.40. The van der Waals surface area contributed by atoms with Crippen LogP contribution in [0.2, 0.25) is 0 Å². The molecule has 0 aromatic rings. The van der Waals surface area contributed by atoms with Crippen molar-refractivity contribution in [3.63, 3.8) is 0 Å². The lowest BCUT2D eigenvalue weighted by atomic mass is 9.61. The fraction of sp³-hybridized carbons (Fsp3) is 0.750. The Labute approximate surface area is 116 Å². The zero-order chi connectivity index (χ0) is 14.6. The second-order valence-electron chi connectivity index (χ2n) is 6.09. The first kappa shape index (κ1) is 15.9. The van der Waals surface area contributed by atoms with Crippen LogP contribution in [0.25, 0.3) is 0 Å². The van der Waals surface area contributed by atoms with Crippen molar-refractivity contribution in [3.8, 4) is 0 Å². The van der Waals surface area contributed by atoms with Gasteiger partial charge in [0, 0.05) is 5.92 Å². The summed E-state index contributed by atoms with van der Waals surface area (Å²) < 4.78 is 0. The third-order valence-electron chi connectivity index (χ3n) is 4.61. The zero-order valence-corrected chi connectivity index (χ0v) is 12.7. The van der Waals surface area contributed by atoms with Gasteiger partial charge in [0.1, 0.15) is 5.41 Å². The van der Waals surface area contributed by atoms with E-state index in [1.165, 1.54) is 5.57 Å². The molecule has 1 saturated carbocycles. The largest absolute Gasteiger partial charge is 0.369 e. The number of hydrogen-bond acceptors (Lipinski definition) is 2. The van der Waals surface area contributed by atoms with Gasteiger partial charge >= 0.3 is 0 Å². The second-order valence-corrected chi connectivity index (χ2v) is 6.09. The van der Waals surface area contributed by atoms with Crippen LogP contribution in [0.4, 0.5) is 0 Å². The Balaban J connectivity index is 2.71. The summed E-state index contributed by atoms with van der Waals surface area (Å²) in [6, 6.07) is 0. The SMILES string of the molecule is CC/C=C(/C)C[C@H](C)C(C)C(=O)C1(C(N)=O)CCC1. The van der Waals surface area contributed by atoms with Gasteiger partial charge in [0.25, 0.3) is 0 Å². The molecule has 1 aliphatic rings. The number of primary amides is 1. The van der Waals surface area contributed by atoms with Crippen LogP contribution in [0.15, 0.2) is 11.6 Å². The Morgan fingerprint density at radius 1 is 1.32 bits per heavy atom. The number of ketones is 1. The number of amides is 1. The first-order valence-corrected chi connectivity index (χ1v) is 7.35. The molecule has 0 aromatic heterocycles. The van der Waals surface area contributed by atoms with E-state index in [0.717, 1.165) is 19.3 Å². The van der Waals surface area contributed by atoms with Gasteiger partial charge < -0.3 is 5.73 Å². The molecule has 3 heteroatoms. The molecule has 0 aromatic carbocycles. The number of nitrogens with two attached hydrogens (primary N) is 1. The lowest BCUT2D eigenvalue weighted by Crippen LogP contribution is -2.51. The molecule has 0 spiro atoms. The highest BCUT2D eigenvalue weighted by molar-refractivity contribution is 6.07. The molecule has 0 saturated heterocycles. The molecule has 1 fully saturated rings. The molecule has 1 rings (SSSR count). The van der Waals surface area contributed by atoms with Crippen LogP contribution >= 0.6 is 0 Å². The van der Waals surface area contributed by atoms with Crippen molar-refractivity contribution >= 4 is 11.7 Å². The molecule has 2 N–H and O–H groups in total. The smallest absolute Gasteiger partial charge is 0.231 e. The summed E-state index contributed by atoms with van der Waals surface area (Å²) in [7, 11) is 0. The van der Waals surface area contributed by atoms with Gasteiger partial charge in [-0.1, -0.05) is 38.8 Å². The standard InChI is InChI=1S/C16H27NO2/c1-5-7-11(2)10-12(3)13(4)14(18)16(15(17)19)8-6-9-16/h7,12-13H,5-6,8-10H2,1-4H3,(H2,17,19)/b11-7-/t12-,13?/m0/s1. The van der Waals surface area contributed by atoms with Gasteiger partial charge in [-0.25, -0.2) is 0 Å². The number of rotatable bonds is 7. The highest BCUT2D eigenvalue weighted by atomic mass is 16.2. The van der Waals surface area contributed by atoms with Gasteiger partial charge in [-0.3, -0.25) is 9.59 Å². The quantitative estimate of drug-likeness (QED) is 0.567. The molecule has 0 heterocycles. The molecule has 0 aliphatic heterocycles. The number of hydrogen-bond donors (Lipinski definition) is 1. The summed E-state index contributed by atoms with van der Waals surface area (Å²) in [6.45, 7) is 8.24. The fourth-order valence-electron chi connectivity index (χ4n) is 2.96. The predicted molar refractivity (Wildman–Crippen MR) is 77.5 cm³/mol. The molecule has 2 atom stereocenters. The molecule has 3 nitrogen and oxygen atoms in total. The number of allylic oxidation sites excluding steroid dienone is 2. The Morgan fingerprint density at radius 3 is 2.26 bits per heavy atom. The van der Waals surface area contributed by atoms with Crippen molar-refractivity contribution < 1.29 is 9.59 Å². The van der Waals surface area contributed by atoms with Gasteiger partial charge in [-0.15, -0.1) is 0 Å². The first-order chi connectivity index (χ1) is 8.85. The van der Waals surface area contributed by atoms with E-state index in [-0.39, 0.29) is 17.6 Å². The van der Waals surface area contributed by atoms with E-state index >= 15 is 0 Å². The third-order valence-corrected chi connectivity index (χ3v) is 4.61. The maximum absolute atomic E-state index is 12.5. The molecule has 0 bridgehead atoms. The Kier molecular flexibility index (Phi) is 5.33. The van der Waals surface area contributed by atoms with E-state index in [2.05, 4.69) is 26.8 Å². The van der Waals surface area contributed by atoms with Crippen LogP contribution in [0.1, 0.15) is 59.8 Å². The molecule has 19 heavy (non-hydrogen) atoms. The van der Waals surface area contributed by atoms with Crippen molar-refractivity contribution in [1.29, 1.82) is 0 Å². The van der Waals surface area contributed by atoms with Crippen LogP contribution in [-0.4, -0.2) is 11.7 Å². The minimum absolute atomic E-state index is 0.0584. The van der Waals surface area contributed by atoms with Gasteiger partial charge in [-0.05, 0) is 38.5 Å². The zero-order valence-electron chi connectivity index (χ0n) is 12.7. The van der Waals surface area contributed by atoms with Gasteiger partial charge in [0.15, 0.2) is 5.78 Å². The predicted octanol–water partition coefficient (Wildman–Crippen LogP) is 3.23. The number of carbonyl (C=O) groups excluding carboxylic acids is 2. The van der Waals surface area contributed by atoms with E-state index in [4.69, 9.17) is 5.73 Å². The lowest BCUT2D eigenvalue weighted by molar-refractivity contribution is -0.149.